The number of urea groups is 1. The third-order valence-electron chi connectivity index (χ3n) is 3.31. The fourth-order valence-corrected chi connectivity index (χ4v) is 2.22. The van der Waals surface area contributed by atoms with E-state index in [9.17, 15) is 9.18 Å². The molecule has 0 unspecified atom stereocenters. The monoisotopic (exact) mass is 306 g/mol. The Morgan fingerprint density at radius 2 is 2.14 bits per heavy atom. The molecule has 0 fully saturated rings. The first-order valence-electron chi connectivity index (χ1n) is 6.94. The number of ether oxygens (including phenoxy) is 1. The lowest BCUT2D eigenvalue weighted by Crippen LogP contribution is -2.43. The van der Waals surface area contributed by atoms with Gasteiger partial charge in [0.25, 0.3) is 0 Å². The van der Waals surface area contributed by atoms with Gasteiger partial charge in [-0.1, -0.05) is 18.2 Å². The Balaban J connectivity index is 1.93. The summed E-state index contributed by atoms with van der Waals surface area (Å²) in [5.74, 6) is -0.359. The van der Waals surface area contributed by atoms with Crippen molar-refractivity contribution in [3.63, 3.8) is 0 Å². The van der Waals surface area contributed by atoms with Crippen molar-refractivity contribution in [1.29, 1.82) is 0 Å². The third-order valence-corrected chi connectivity index (χ3v) is 3.31. The summed E-state index contributed by atoms with van der Waals surface area (Å²) in [5, 5.41) is 5.45. The van der Waals surface area contributed by atoms with Crippen molar-refractivity contribution in [3.05, 3.63) is 59.8 Å². The molecule has 0 saturated carbocycles. The zero-order valence-corrected chi connectivity index (χ0v) is 12.5. The van der Waals surface area contributed by atoms with Crippen LogP contribution in [-0.2, 0) is 11.3 Å². The van der Waals surface area contributed by atoms with Crippen LogP contribution >= 0.6 is 0 Å². The number of amides is 2. The summed E-state index contributed by atoms with van der Waals surface area (Å²) in [6.07, 6.45) is 2.53. The van der Waals surface area contributed by atoms with Crippen molar-refractivity contribution in [2.24, 2.45) is 0 Å². The van der Waals surface area contributed by atoms with Gasteiger partial charge in [0.15, 0.2) is 0 Å². The maximum Gasteiger partial charge on any atom is 0.315 e. The van der Waals surface area contributed by atoms with E-state index < -0.39 is 12.1 Å². The lowest BCUT2D eigenvalue weighted by molar-refractivity contribution is 0.0733. The topological polar surface area (TPSA) is 63.5 Å². The van der Waals surface area contributed by atoms with Crippen LogP contribution in [0.4, 0.5) is 9.18 Å². The number of benzene rings is 1. The number of hydrogen-bond acceptors (Lipinski definition) is 3. The SMILES string of the molecule is CO[C@@H](c1ccccc1F)[C@@H](C)NC(=O)NCc1ccoc1. The molecule has 22 heavy (non-hydrogen) atoms. The summed E-state index contributed by atoms with van der Waals surface area (Å²) in [6, 6.07) is 7.37. The summed E-state index contributed by atoms with van der Waals surface area (Å²) >= 11 is 0. The van der Waals surface area contributed by atoms with Crippen molar-refractivity contribution in [2.45, 2.75) is 25.6 Å². The van der Waals surface area contributed by atoms with E-state index >= 15 is 0 Å². The standard InChI is InChI=1S/C16H19FN2O3/c1-11(15(21-2)13-5-3-4-6-14(13)17)19-16(20)18-9-12-7-8-22-10-12/h3-8,10-11,15H,9H2,1-2H3,(H2,18,19,20)/t11-,15-/m1/s1. The second kappa shape index (κ2) is 7.61. The normalized spacial score (nSPS) is 13.4. The van der Waals surface area contributed by atoms with E-state index in [0.717, 1.165) is 5.56 Å². The molecule has 2 aromatic rings. The maximum absolute atomic E-state index is 13.8. The number of carbonyl (C=O) groups is 1. The van der Waals surface area contributed by atoms with Crippen molar-refractivity contribution >= 4 is 6.03 Å². The summed E-state index contributed by atoms with van der Waals surface area (Å²) in [4.78, 5) is 11.9. The zero-order chi connectivity index (χ0) is 15.9. The van der Waals surface area contributed by atoms with E-state index in [4.69, 9.17) is 9.15 Å². The van der Waals surface area contributed by atoms with Gasteiger partial charge in [-0.05, 0) is 19.1 Å². The Kier molecular flexibility index (Phi) is 5.55. The molecule has 2 atom stereocenters. The molecular weight excluding hydrogens is 287 g/mol. The molecule has 1 aromatic heterocycles. The number of furan rings is 1. The minimum atomic E-state index is -0.569. The van der Waals surface area contributed by atoms with Crippen molar-refractivity contribution in [2.75, 3.05) is 7.11 Å². The van der Waals surface area contributed by atoms with Crippen molar-refractivity contribution < 1.29 is 18.3 Å². The highest BCUT2D eigenvalue weighted by atomic mass is 19.1. The van der Waals surface area contributed by atoms with Gasteiger partial charge in [0.1, 0.15) is 11.9 Å². The average Bonchev–Trinajstić information content (AvgIpc) is 3.01. The molecule has 0 aliphatic carbocycles. The van der Waals surface area contributed by atoms with Crippen LogP contribution in [0.5, 0.6) is 0 Å². The van der Waals surface area contributed by atoms with E-state index in [1.54, 1.807) is 37.5 Å². The lowest BCUT2D eigenvalue weighted by atomic mass is 10.0. The summed E-state index contributed by atoms with van der Waals surface area (Å²) in [5.41, 5.74) is 1.27. The first-order chi connectivity index (χ1) is 10.6. The van der Waals surface area contributed by atoms with Gasteiger partial charge in [0, 0.05) is 24.8 Å². The first-order valence-corrected chi connectivity index (χ1v) is 6.94. The molecule has 0 aliphatic heterocycles. The molecular formula is C16H19FN2O3. The van der Waals surface area contributed by atoms with Gasteiger partial charge in [-0.3, -0.25) is 0 Å². The van der Waals surface area contributed by atoms with Gasteiger partial charge in [-0.15, -0.1) is 0 Å². The highest BCUT2D eigenvalue weighted by Crippen LogP contribution is 2.23. The van der Waals surface area contributed by atoms with E-state index in [-0.39, 0.29) is 11.8 Å². The molecule has 2 rings (SSSR count). The van der Waals surface area contributed by atoms with Crippen LogP contribution in [0.15, 0.2) is 47.3 Å². The summed E-state index contributed by atoms with van der Waals surface area (Å²) in [6.45, 7) is 2.12. The molecule has 0 saturated heterocycles. The Morgan fingerprint density at radius 3 is 2.77 bits per heavy atom. The first kappa shape index (κ1) is 16.0. The number of hydrogen-bond donors (Lipinski definition) is 2. The highest BCUT2D eigenvalue weighted by molar-refractivity contribution is 5.74. The molecule has 0 bridgehead atoms. The second-order valence-corrected chi connectivity index (χ2v) is 4.93. The van der Waals surface area contributed by atoms with Gasteiger partial charge in [0.2, 0.25) is 0 Å². The van der Waals surface area contributed by atoms with E-state index in [1.165, 1.54) is 19.4 Å². The molecule has 2 amide bonds. The third kappa shape index (κ3) is 4.08. The van der Waals surface area contributed by atoms with Gasteiger partial charge in [-0.25, -0.2) is 9.18 Å². The van der Waals surface area contributed by atoms with Crippen LogP contribution in [0.2, 0.25) is 0 Å². The van der Waals surface area contributed by atoms with Crippen LogP contribution in [0.25, 0.3) is 0 Å². The molecule has 6 heteroatoms. The predicted octanol–water partition coefficient (Wildman–Crippen LogP) is 2.99. The molecule has 0 radical (unpaired) electrons. The second-order valence-electron chi connectivity index (χ2n) is 4.93. The highest BCUT2D eigenvalue weighted by Gasteiger charge is 2.23. The van der Waals surface area contributed by atoms with Crippen LogP contribution in [0, 0.1) is 5.82 Å². The van der Waals surface area contributed by atoms with E-state index in [0.29, 0.717) is 12.1 Å². The maximum atomic E-state index is 13.8. The minimum Gasteiger partial charge on any atom is -0.472 e. The largest absolute Gasteiger partial charge is 0.472 e. The molecule has 0 aliphatic rings. The number of nitrogens with one attached hydrogen (secondary N) is 2. The predicted molar refractivity (Wildman–Crippen MR) is 79.7 cm³/mol. The lowest BCUT2D eigenvalue weighted by Gasteiger charge is -2.24. The molecule has 1 heterocycles. The Labute approximate surface area is 128 Å². The van der Waals surface area contributed by atoms with Gasteiger partial charge in [-0.2, -0.15) is 0 Å². The van der Waals surface area contributed by atoms with E-state index in [2.05, 4.69) is 10.6 Å². The number of methoxy groups -OCH3 is 1. The van der Waals surface area contributed by atoms with Crippen molar-refractivity contribution in [1.82, 2.24) is 10.6 Å². The fourth-order valence-electron chi connectivity index (χ4n) is 2.22. The molecule has 118 valence electrons. The Morgan fingerprint density at radius 1 is 1.36 bits per heavy atom. The smallest absolute Gasteiger partial charge is 0.315 e. The van der Waals surface area contributed by atoms with Gasteiger partial charge >= 0.3 is 6.03 Å². The van der Waals surface area contributed by atoms with Crippen LogP contribution in [-0.4, -0.2) is 19.2 Å². The van der Waals surface area contributed by atoms with Gasteiger partial charge < -0.3 is 19.8 Å². The fraction of sp³-hybridized carbons (Fsp3) is 0.312. The van der Waals surface area contributed by atoms with E-state index in [1.807, 2.05) is 0 Å². The summed E-state index contributed by atoms with van der Waals surface area (Å²) < 4.78 is 24.1. The zero-order valence-electron chi connectivity index (χ0n) is 12.5. The summed E-state index contributed by atoms with van der Waals surface area (Å²) in [7, 11) is 1.48. The molecule has 0 spiro atoms. The van der Waals surface area contributed by atoms with Crippen molar-refractivity contribution in [3.8, 4) is 0 Å². The van der Waals surface area contributed by atoms with Crippen LogP contribution in [0.1, 0.15) is 24.2 Å². The Bertz CT molecular complexity index is 601. The van der Waals surface area contributed by atoms with Crippen LogP contribution in [0.3, 0.4) is 0 Å². The minimum absolute atomic E-state index is 0.354. The molecule has 2 N–H and O–H groups in total. The van der Waals surface area contributed by atoms with Crippen LogP contribution < -0.4 is 10.6 Å². The number of halogens is 1. The molecule has 5 nitrogen and oxygen atoms in total. The number of carbonyl (C=O) groups excluding carboxylic acids is 1. The quantitative estimate of drug-likeness (QED) is 0.862. The molecule has 1 aromatic carbocycles. The average molecular weight is 306 g/mol. The van der Waals surface area contributed by atoms with Gasteiger partial charge in [0.05, 0.1) is 18.6 Å². The Hall–Kier alpha value is -2.34. The number of rotatable bonds is 6.